The number of benzene rings is 2. The Hall–Kier alpha value is -2.14. The van der Waals surface area contributed by atoms with Crippen molar-refractivity contribution in [3.63, 3.8) is 0 Å². The van der Waals surface area contributed by atoms with E-state index in [-0.39, 0.29) is 11.8 Å². The van der Waals surface area contributed by atoms with Crippen LogP contribution in [0.25, 0.3) is 0 Å². The number of carbonyl (C=O) groups excluding carboxylic acids is 2. The Morgan fingerprint density at radius 1 is 1.17 bits per heavy atom. The van der Waals surface area contributed by atoms with E-state index in [2.05, 4.69) is 21.2 Å². The first-order valence-corrected chi connectivity index (χ1v) is 8.04. The van der Waals surface area contributed by atoms with Crippen molar-refractivity contribution in [2.24, 2.45) is 0 Å². The lowest BCUT2D eigenvalue weighted by molar-refractivity contribution is -0.128. The van der Waals surface area contributed by atoms with Gasteiger partial charge >= 0.3 is 0 Å². The molecule has 0 aliphatic rings. The van der Waals surface area contributed by atoms with Crippen LogP contribution >= 0.6 is 15.9 Å². The maximum atomic E-state index is 12.4. The van der Waals surface area contributed by atoms with E-state index in [4.69, 9.17) is 0 Å². The number of anilines is 1. The van der Waals surface area contributed by atoms with Gasteiger partial charge in [0.25, 0.3) is 5.91 Å². The van der Waals surface area contributed by atoms with Crippen LogP contribution in [0.2, 0.25) is 0 Å². The summed E-state index contributed by atoms with van der Waals surface area (Å²) in [7, 11) is 1.75. The molecule has 23 heavy (non-hydrogen) atoms. The Morgan fingerprint density at radius 2 is 1.91 bits per heavy atom. The van der Waals surface area contributed by atoms with Crippen molar-refractivity contribution in [1.29, 1.82) is 0 Å². The van der Waals surface area contributed by atoms with Gasteiger partial charge < -0.3 is 10.2 Å². The van der Waals surface area contributed by atoms with E-state index < -0.39 is 0 Å². The predicted octanol–water partition coefficient (Wildman–Crippen LogP) is 3.99. The van der Waals surface area contributed by atoms with E-state index in [0.717, 1.165) is 15.6 Å². The molecule has 5 heteroatoms. The zero-order valence-electron chi connectivity index (χ0n) is 13.4. The molecule has 0 saturated heterocycles. The summed E-state index contributed by atoms with van der Waals surface area (Å²) < 4.78 is 0.945. The van der Waals surface area contributed by atoms with Crippen molar-refractivity contribution in [2.75, 3.05) is 12.4 Å². The Balaban J connectivity index is 2.13. The fourth-order valence-corrected chi connectivity index (χ4v) is 2.69. The molecule has 0 radical (unpaired) electrons. The lowest BCUT2D eigenvalue weighted by atomic mass is 10.1. The van der Waals surface area contributed by atoms with E-state index >= 15 is 0 Å². The van der Waals surface area contributed by atoms with Crippen molar-refractivity contribution in [1.82, 2.24) is 4.90 Å². The Labute approximate surface area is 144 Å². The number of hydrogen-bond acceptors (Lipinski definition) is 2. The molecule has 4 nitrogen and oxygen atoms in total. The summed E-state index contributed by atoms with van der Waals surface area (Å²) >= 11 is 3.39. The Morgan fingerprint density at radius 3 is 2.57 bits per heavy atom. The quantitative estimate of drug-likeness (QED) is 0.879. The van der Waals surface area contributed by atoms with Crippen molar-refractivity contribution in [3.05, 3.63) is 63.6 Å². The average Bonchev–Trinajstić information content (AvgIpc) is 2.47. The Kier molecular flexibility index (Phi) is 5.55. The molecule has 120 valence electrons. The van der Waals surface area contributed by atoms with Gasteiger partial charge in [-0.05, 0) is 48.4 Å². The first-order chi connectivity index (χ1) is 10.9. The van der Waals surface area contributed by atoms with Gasteiger partial charge in [0.15, 0.2) is 0 Å². The van der Waals surface area contributed by atoms with E-state index in [1.165, 1.54) is 6.92 Å². The molecule has 0 aromatic heterocycles. The fourth-order valence-electron chi connectivity index (χ4n) is 2.21. The first-order valence-electron chi connectivity index (χ1n) is 7.25. The van der Waals surface area contributed by atoms with Gasteiger partial charge in [-0.15, -0.1) is 0 Å². The third-order valence-corrected chi connectivity index (χ3v) is 4.07. The second kappa shape index (κ2) is 7.42. The van der Waals surface area contributed by atoms with E-state index in [9.17, 15) is 9.59 Å². The Bertz CT molecular complexity index is 744. The van der Waals surface area contributed by atoms with E-state index in [1.54, 1.807) is 18.0 Å². The third kappa shape index (κ3) is 4.66. The maximum absolute atomic E-state index is 12.4. The highest BCUT2D eigenvalue weighted by molar-refractivity contribution is 9.10. The molecule has 0 aliphatic heterocycles. The molecule has 0 spiro atoms. The lowest BCUT2D eigenvalue weighted by Crippen LogP contribution is -2.23. The highest BCUT2D eigenvalue weighted by Crippen LogP contribution is 2.18. The topological polar surface area (TPSA) is 49.4 Å². The molecule has 0 aliphatic carbocycles. The number of carbonyl (C=O) groups is 2. The molecule has 1 N–H and O–H groups in total. The molecular weight excluding hydrogens is 356 g/mol. The molecule has 2 aromatic carbocycles. The minimum absolute atomic E-state index is 0.00456. The van der Waals surface area contributed by atoms with Gasteiger partial charge in [-0.25, -0.2) is 0 Å². The molecular formula is C18H19BrN2O2. The van der Waals surface area contributed by atoms with Crippen LogP contribution in [0.4, 0.5) is 5.69 Å². The molecule has 0 fully saturated rings. The van der Waals surface area contributed by atoms with Crippen LogP contribution in [-0.4, -0.2) is 23.8 Å². The molecule has 0 atom stereocenters. The second-order valence-electron chi connectivity index (χ2n) is 5.49. The average molecular weight is 375 g/mol. The number of hydrogen-bond donors (Lipinski definition) is 1. The summed E-state index contributed by atoms with van der Waals surface area (Å²) in [6.45, 7) is 3.94. The number of amides is 2. The number of nitrogens with zero attached hydrogens (tertiary/aromatic N) is 1. The van der Waals surface area contributed by atoms with Crippen LogP contribution in [-0.2, 0) is 11.3 Å². The van der Waals surface area contributed by atoms with Crippen molar-refractivity contribution < 1.29 is 9.59 Å². The smallest absolute Gasteiger partial charge is 0.255 e. The van der Waals surface area contributed by atoms with Gasteiger partial charge in [0.2, 0.25) is 5.91 Å². The summed E-state index contributed by atoms with van der Waals surface area (Å²) in [6, 6.07) is 13.1. The lowest BCUT2D eigenvalue weighted by Gasteiger charge is -2.15. The predicted molar refractivity (Wildman–Crippen MR) is 95.4 cm³/mol. The molecule has 2 rings (SSSR count). The van der Waals surface area contributed by atoms with Crippen LogP contribution in [0.15, 0.2) is 46.9 Å². The van der Waals surface area contributed by atoms with Crippen LogP contribution in [0.5, 0.6) is 0 Å². The monoisotopic (exact) mass is 374 g/mol. The van der Waals surface area contributed by atoms with Crippen molar-refractivity contribution in [2.45, 2.75) is 20.4 Å². The van der Waals surface area contributed by atoms with Gasteiger partial charge in [0.1, 0.15) is 0 Å². The molecule has 2 aromatic rings. The summed E-state index contributed by atoms with van der Waals surface area (Å²) in [5, 5.41) is 2.90. The van der Waals surface area contributed by atoms with Crippen molar-refractivity contribution in [3.8, 4) is 0 Å². The summed E-state index contributed by atoms with van der Waals surface area (Å²) in [4.78, 5) is 25.3. The second-order valence-corrected chi connectivity index (χ2v) is 6.40. The zero-order valence-corrected chi connectivity index (χ0v) is 15.0. The highest BCUT2D eigenvalue weighted by atomic mass is 79.9. The van der Waals surface area contributed by atoms with Gasteiger partial charge in [0, 0.05) is 36.2 Å². The van der Waals surface area contributed by atoms with Crippen LogP contribution in [0, 0.1) is 6.92 Å². The molecule has 0 saturated carbocycles. The van der Waals surface area contributed by atoms with Gasteiger partial charge in [0.05, 0.1) is 0 Å². The molecule has 2 amide bonds. The number of halogens is 1. The number of rotatable bonds is 4. The van der Waals surface area contributed by atoms with Crippen LogP contribution in [0.3, 0.4) is 0 Å². The maximum Gasteiger partial charge on any atom is 0.255 e. The largest absolute Gasteiger partial charge is 0.342 e. The highest BCUT2D eigenvalue weighted by Gasteiger charge is 2.10. The first kappa shape index (κ1) is 17.2. The van der Waals surface area contributed by atoms with Gasteiger partial charge in [-0.2, -0.15) is 0 Å². The number of nitrogens with one attached hydrogen (secondary N) is 1. The summed E-state index contributed by atoms with van der Waals surface area (Å²) in [5.41, 5.74) is 3.23. The summed E-state index contributed by atoms with van der Waals surface area (Å²) in [6.07, 6.45) is 0. The minimum Gasteiger partial charge on any atom is -0.342 e. The van der Waals surface area contributed by atoms with Gasteiger partial charge in [-0.3, -0.25) is 9.59 Å². The van der Waals surface area contributed by atoms with Crippen molar-refractivity contribution >= 4 is 33.4 Å². The molecule has 0 unspecified atom stereocenters. The summed E-state index contributed by atoms with van der Waals surface area (Å²) in [5.74, 6) is -0.142. The molecule has 0 bridgehead atoms. The van der Waals surface area contributed by atoms with E-state index in [1.807, 2.05) is 43.3 Å². The fraction of sp³-hybridized carbons (Fsp3) is 0.222. The third-order valence-electron chi connectivity index (χ3n) is 3.58. The zero-order chi connectivity index (χ0) is 17.0. The van der Waals surface area contributed by atoms with Gasteiger partial charge in [-0.1, -0.05) is 28.1 Å². The number of aryl methyl sites for hydroxylation is 1. The van der Waals surface area contributed by atoms with E-state index in [0.29, 0.717) is 17.8 Å². The normalized spacial score (nSPS) is 10.3. The van der Waals surface area contributed by atoms with Crippen LogP contribution < -0.4 is 5.32 Å². The van der Waals surface area contributed by atoms with Crippen LogP contribution in [0.1, 0.15) is 28.4 Å². The standard InChI is InChI=1S/C18H19BrN2O2/c1-12-9-15(19)7-8-17(12)18(23)20-16-6-4-5-14(10-16)11-21(3)13(2)22/h4-10H,11H2,1-3H3,(H,20,23). The minimum atomic E-state index is -0.146. The molecule has 0 heterocycles. The SMILES string of the molecule is CC(=O)N(C)Cc1cccc(NC(=O)c2ccc(Br)cc2C)c1.